The van der Waals surface area contributed by atoms with Crippen LogP contribution in [0.5, 0.6) is 0 Å². The van der Waals surface area contributed by atoms with Crippen LogP contribution >= 0.6 is 0 Å². The number of nitrogens with one attached hydrogen (secondary N) is 1. The molecule has 1 aromatic heterocycles. The Morgan fingerprint density at radius 2 is 1.79 bits per heavy atom. The number of piperidine rings is 1. The van der Waals surface area contributed by atoms with Crippen LogP contribution in [-0.2, 0) is 6.42 Å². The van der Waals surface area contributed by atoms with Gasteiger partial charge in [0.15, 0.2) is 5.82 Å². The number of likely N-dealkylation sites (tertiary alicyclic amines) is 1. The molecule has 1 aliphatic carbocycles. The Morgan fingerprint density at radius 3 is 2.47 bits per heavy atom. The molecule has 2 fully saturated rings. The van der Waals surface area contributed by atoms with E-state index in [0.29, 0.717) is 41.0 Å². The lowest BCUT2D eigenvalue weighted by Crippen LogP contribution is -2.43. The van der Waals surface area contributed by atoms with Gasteiger partial charge in [0.2, 0.25) is 0 Å². The van der Waals surface area contributed by atoms with E-state index < -0.39 is 5.92 Å². The number of amides is 1. The van der Waals surface area contributed by atoms with Crippen LogP contribution in [-0.4, -0.2) is 52.4 Å². The van der Waals surface area contributed by atoms with Gasteiger partial charge in [-0.05, 0) is 73.8 Å². The number of nitriles is 1. The molecule has 6 nitrogen and oxygen atoms in total. The van der Waals surface area contributed by atoms with Crippen molar-refractivity contribution in [2.24, 2.45) is 0 Å². The molecule has 3 aromatic rings. The third kappa shape index (κ3) is 6.20. The Bertz CT molecular complexity index is 1330. The maximum atomic E-state index is 13.6. The van der Waals surface area contributed by atoms with Gasteiger partial charge in [0, 0.05) is 49.1 Å². The summed E-state index contributed by atoms with van der Waals surface area (Å²) in [4.78, 5) is 23.7. The molecule has 196 valence electrons. The van der Waals surface area contributed by atoms with Gasteiger partial charge in [-0.1, -0.05) is 12.1 Å². The summed E-state index contributed by atoms with van der Waals surface area (Å²) in [6.07, 6.45) is 1.68. The standard InChI is InChI=1S/C29H28F3N5O/c30-22-9-7-20(8-10-22)24-17-25(24)34-13-1-2-23-16-26(28(38)37-14-11-29(31,32)12-15-37)36-27(35-23)21-5-3-19(18-33)4-6-21/h3-10,16,24-25,34H,1-2,11-15,17H2/t24-,25+/m0/s1. The molecule has 2 atom stereocenters. The highest BCUT2D eigenvalue weighted by Crippen LogP contribution is 2.40. The second kappa shape index (κ2) is 10.9. The summed E-state index contributed by atoms with van der Waals surface area (Å²) in [5.41, 5.74) is 3.18. The van der Waals surface area contributed by atoms with Gasteiger partial charge >= 0.3 is 0 Å². The zero-order valence-electron chi connectivity index (χ0n) is 20.8. The summed E-state index contributed by atoms with van der Waals surface area (Å²) < 4.78 is 40.4. The number of rotatable bonds is 8. The lowest BCUT2D eigenvalue weighted by Gasteiger charge is -2.31. The van der Waals surface area contributed by atoms with Gasteiger partial charge in [-0.25, -0.2) is 23.1 Å². The third-order valence-electron chi connectivity index (χ3n) is 7.16. The minimum Gasteiger partial charge on any atom is -0.337 e. The third-order valence-corrected chi connectivity index (χ3v) is 7.16. The van der Waals surface area contributed by atoms with E-state index in [-0.39, 0.29) is 43.3 Å². The van der Waals surface area contributed by atoms with Crippen molar-refractivity contribution in [1.82, 2.24) is 20.2 Å². The van der Waals surface area contributed by atoms with E-state index in [1.807, 2.05) is 12.1 Å². The number of carbonyl (C=O) groups is 1. The summed E-state index contributed by atoms with van der Waals surface area (Å²) >= 11 is 0. The first-order valence-electron chi connectivity index (χ1n) is 12.9. The number of aromatic nitrogens is 2. The van der Waals surface area contributed by atoms with Crippen molar-refractivity contribution in [1.29, 1.82) is 5.26 Å². The monoisotopic (exact) mass is 519 g/mol. The molecule has 1 saturated heterocycles. The van der Waals surface area contributed by atoms with Crippen molar-refractivity contribution >= 4 is 5.91 Å². The molecule has 1 aliphatic heterocycles. The Hall–Kier alpha value is -3.77. The molecule has 5 rings (SSSR count). The Balaban J connectivity index is 1.26. The van der Waals surface area contributed by atoms with Gasteiger partial charge < -0.3 is 10.2 Å². The van der Waals surface area contributed by atoms with Crippen molar-refractivity contribution in [3.8, 4) is 17.5 Å². The van der Waals surface area contributed by atoms with E-state index in [2.05, 4.69) is 21.4 Å². The fourth-order valence-corrected chi connectivity index (χ4v) is 4.81. The summed E-state index contributed by atoms with van der Waals surface area (Å²) in [5.74, 6) is -2.61. The van der Waals surface area contributed by atoms with E-state index >= 15 is 0 Å². The first-order valence-corrected chi connectivity index (χ1v) is 12.9. The van der Waals surface area contributed by atoms with Crippen LogP contribution in [0.15, 0.2) is 54.6 Å². The van der Waals surface area contributed by atoms with Crippen LogP contribution in [0.25, 0.3) is 11.4 Å². The topological polar surface area (TPSA) is 81.9 Å². The normalized spacial score (nSPS) is 20.1. The van der Waals surface area contributed by atoms with E-state index in [1.165, 1.54) is 17.0 Å². The van der Waals surface area contributed by atoms with Gasteiger partial charge in [0.05, 0.1) is 11.6 Å². The first-order chi connectivity index (χ1) is 18.3. The number of hydrogen-bond acceptors (Lipinski definition) is 5. The van der Waals surface area contributed by atoms with Crippen LogP contribution < -0.4 is 5.32 Å². The second-order valence-corrected chi connectivity index (χ2v) is 9.96. The fourth-order valence-electron chi connectivity index (χ4n) is 4.81. The van der Waals surface area contributed by atoms with Gasteiger partial charge in [0.1, 0.15) is 11.5 Å². The van der Waals surface area contributed by atoms with Crippen LogP contribution in [0, 0.1) is 17.1 Å². The number of aryl methyl sites for hydroxylation is 1. The number of nitrogens with zero attached hydrogens (tertiary/aromatic N) is 4. The summed E-state index contributed by atoms with van der Waals surface area (Å²) in [6, 6.07) is 17.5. The average Bonchev–Trinajstić information content (AvgIpc) is 3.70. The van der Waals surface area contributed by atoms with E-state index in [0.717, 1.165) is 24.9 Å². The highest BCUT2D eigenvalue weighted by atomic mass is 19.3. The van der Waals surface area contributed by atoms with Crippen molar-refractivity contribution in [3.63, 3.8) is 0 Å². The molecular weight excluding hydrogens is 491 g/mol. The predicted octanol–water partition coefficient (Wildman–Crippen LogP) is 5.10. The quantitative estimate of drug-likeness (QED) is 0.419. The van der Waals surface area contributed by atoms with Gasteiger partial charge in [-0.2, -0.15) is 5.26 Å². The molecule has 1 amide bonds. The molecule has 38 heavy (non-hydrogen) atoms. The molecular formula is C29H28F3N5O. The zero-order valence-corrected chi connectivity index (χ0v) is 20.8. The first kappa shape index (κ1) is 25.9. The van der Waals surface area contributed by atoms with Crippen molar-refractivity contribution in [3.05, 3.63) is 82.9 Å². The fraction of sp³-hybridized carbons (Fsp3) is 0.379. The molecule has 2 aromatic carbocycles. The lowest BCUT2D eigenvalue weighted by atomic mass is 10.1. The zero-order chi connectivity index (χ0) is 26.7. The lowest BCUT2D eigenvalue weighted by molar-refractivity contribution is -0.0495. The van der Waals surface area contributed by atoms with Crippen LogP contribution in [0.4, 0.5) is 13.2 Å². The molecule has 0 bridgehead atoms. The molecule has 1 saturated carbocycles. The molecule has 1 N–H and O–H groups in total. The molecule has 9 heteroatoms. The van der Waals surface area contributed by atoms with Gasteiger partial charge in [0.25, 0.3) is 11.8 Å². The van der Waals surface area contributed by atoms with Crippen molar-refractivity contribution < 1.29 is 18.0 Å². The van der Waals surface area contributed by atoms with E-state index in [4.69, 9.17) is 5.26 Å². The minimum atomic E-state index is -2.74. The van der Waals surface area contributed by atoms with Crippen molar-refractivity contribution in [2.75, 3.05) is 19.6 Å². The summed E-state index contributed by atoms with van der Waals surface area (Å²) in [7, 11) is 0. The average molecular weight is 520 g/mol. The number of carbonyl (C=O) groups excluding carboxylic acids is 1. The smallest absolute Gasteiger partial charge is 0.272 e. The number of hydrogen-bond donors (Lipinski definition) is 1. The molecule has 0 spiro atoms. The second-order valence-electron chi connectivity index (χ2n) is 9.96. The maximum absolute atomic E-state index is 13.6. The number of halogens is 3. The summed E-state index contributed by atoms with van der Waals surface area (Å²) in [6.45, 7) is 0.721. The van der Waals surface area contributed by atoms with E-state index in [9.17, 15) is 18.0 Å². The SMILES string of the molecule is N#Cc1ccc(-c2nc(CCCN[C@@H]3C[C@H]3c3ccc(F)cc3)cc(C(=O)N3CCC(F)(F)CC3)n2)cc1. The number of benzene rings is 2. The Morgan fingerprint density at radius 1 is 1.08 bits per heavy atom. The molecule has 2 heterocycles. The Labute approximate surface area is 219 Å². The van der Waals surface area contributed by atoms with Crippen LogP contribution in [0.2, 0.25) is 0 Å². The number of alkyl halides is 2. The molecule has 0 unspecified atom stereocenters. The largest absolute Gasteiger partial charge is 0.337 e. The van der Waals surface area contributed by atoms with Crippen LogP contribution in [0.3, 0.4) is 0 Å². The summed E-state index contributed by atoms with van der Waals surface area (Å²) in [5, 5.41) is 12.6. The van der Waals surface area contributed by atoms with E-state index in [1.54, 1.807) is 30.3 Å². The van der Waals surface area contributed by atoms with Gasteiger partial charge in [-0.15, -0.1) is 0 Å². The minimum absolute atomic E-state index is 0.0160. The molecule has 0 radical (unpaired) electrons. The van der Waals surface area contributed by atoms with Crippen molar-refractivity contribution in [2.45, 2.75) is 50.0 Å². The molecule has 2 aliphatic rings. The maximum Gasteiger partial charge on any atom is 0.272 e. The predicted molar refractivity (Wildman–Crippen MR) is 136 cm³/mol. The highest BCUT2D eigenvalue weighted by Gasteiger charge is 2.38. The van der Waals surface area contributed by atoms with Gasteiger partial charge in [-0.3, -0.25) is 4.79 Å². The Kier molecular flexibility index (Phi) is 7.43. The van der Waals surface area contributed by atoms with Crippen LogP contribution in [0.1, 0.15) is 58.9 Å². The highest BCUT2D eigenvalue weighted by molar-refractivity contribution is 5.93.